The van der Waals surface area contributed by atoms with E-state index in [-0.39, 0.29) is 0 Å². The van der Waals surface area contributed by atoms with Crippen LogP contribution in [-0.4, -0.2) is 67.5 Å². The Morgan fingerprint density at radius 3 is 2.69 bits per heavy atom. The maximum absolute atomic E-state index is 5.40. The molecule has 0 aromatic heterocycles. The zero-order valence-corrected chi connectivity index (χ0v) is 11.0. The third-order valence-corrected chi connectivity index (χ3v) is 4.01. The van der Waals surface area contributed by atoms with Gasteiger partial charge in [0.15, 0.2) is 0 Å². The molecule has 0 amide bonds. The summed E-state index contributed by atoms with van der Waals surface area (Å²) in [4.78, 5) is 5.23. The fourth-order valence-electron chi connectivity index (χ4n) is 2.70. The van der Waals surface area contributed by atoms with E-state index in [2.05, 4.69) is 22.4 Å². The molecule has 0 aromatic rings. The molecule has 0 aromatic carbocycles. The molecule has 4 heteroatoms. The normalized spacial score (nSPS) is 28.7. The molecule has 2 aliphatic heterocycles. The second-order valence-corrected chi connectivity index (χ2v) is 5.27. The molecule has 1 atom stereocenters. The van der Waals surface area contributed by atoms with Crippen LogP contribution in [-0.2, 0) is 4.74 Å². The van der Waals surface area contributed by atoms with Crippen LogP contribution in [0.1, 0.15) is 19.3 Å². The lowest BCUT2D eigenvalue weighted by Crippen LogP contribution is -2.44. The third kappa shape index (κ3) is 3.62. The highest BCUT2D eigenvalue weighted by Crippen LogP contribution is 2.17. The first kappa shape index (κ1) is 12.7. The highest BCUT2D eigenvalue weighted by atomic mass is 32.1. The van der Waals surface area contributed by atoms with Crippen LogP contribution in [0.25, 0.3) is 0 Å². The molecule has 0 bridgehead atoms. The Hall–Kier alpha value is 0.230. The van der Waals surface area contributed by atoms with Crippen molar-refractivity contribution in [2.45, 2.75) is 25.3 Å². The van der Waals surface area contributed by atoms with Crippen molar-refractivity contribution in [2.75, 3.05) is 51.7 Å². The standard InChI is InChI=1S/C12H24N2OS/c16-10-2-1-4-13-5-3-12(11-13)14-6-8-15-9-7-14/h12,16H,1-11H2. The first-order valence-electron chi connectivity index (χ1n) is 6.55. The monoisotopic (exact) mass is 244 g/mol. The summed E-state index contributed by atoms with van der Waals surface area (Å²) < 4.78 is 5.40. The van der Waals surface area contributed by atoms with Crippen LogP contribution in [0, 0.1) is 0 Å². The molecule has 0 spiro atoms. The number of likely N-dealkylation sites (tertiary alicyclic amines) is 1. The van der Waals surface area contributed by atoms with Crippen molar-refractivity contribution < 1.29 is 4.74 Å². The van der Waals surface area contributed by atoms with E-state index in [0.29, 0.717) is 0 Å². The molecule has 2 aliphatic rings. The van der Waals surface area contributed by atoms with Gasteiger partial charge in [-0.2, -0.15) is 12.6 Å². The van der Waals surface area contributed by atoms with Crippen LogP contribution in [0.4, 0.5) is 0 Å². The summed E-state index contributed by atoms with van der Waals surface area (Å²) >= 11 is 4.26. The third-order valence-electron chi connectivity index (χ3n) is 3.69. The van der Waals surface area contributed by atoms with E-state index < -0.39 is 0 Å². The van der Waals surface area contributed by atoms with Crippen LogP contribution in [0.2, 0.25) is 0 Å². The quantitative estimate of drug-likeness (QED) is 0.576. The lowest BCUT2D eigenvalue weighted by molar-refractivity contribution is 0.0185. The average Bonchev–Trinajstić information content (AvgIpc) is 2.79. The minimum atomic E-state index is 0.792. The van der Waals surface area contributed by atoms with Gasteiger partial charge in [-0.25, -0.2) is 0 Å². The zero-order chi connectivity index (χ0) is 11.2. The fourth-order valence-corrected chi connectivity index (χ4v) is 2.93. The maximum Gasteiger partial charge on any atom is 0.0594 e. The van der Waals surface area contributed by atoms with Crippen LogP contribution in [0.3, 0.4) is 0 Å². The van der Waals surface area contributed by atoms with Crippen LogP contribution >= 0.6 is 12.6 Å². The molecular formula is C12H24N2OS. The summed E-state index contributed by atoms with van der Waals surface area (Å²) in [5.74, 6) is 1.03. The molecule has 3 nitrogen and oxygen atoms in total. The minimum absolute atomic E-state index is 0.792. The Morgan fingerprint density at radius 1 is 1.12 bits per heavy atom. The van der Waals surface area contributed by atoms with Crippen molar-refractivity contribution in [3.63, 3.8) is 0 Å². The predicted octanol–water partition coefficient (Wildman–Crippen LogP) is 1.10. The SMILES string of the molecule is SCCCCN1CCC(N2CCOCC2)C1. The number of morpholine rings is 1. The summed E-state index contributed by atoms with van der Waals surface area (Å²) in [7, 11) is 0. The molecule has 0 radical (unpaired) electrons. The fraction of sp³-hybridized carbons (Fsp3) is 1.00. The molecule has 2 saturated heterocycles. The van der Waals surface area contributed by atoms with Crippen molar-refractivity contribution in [3.05, 3.63) is 0 Å². The lowest BCUT2D eigenvalue weighted by atomic mass is 10.2. The number of unbranched alkanes of at least 4 members (excludes halogenated alkanes) is 1. The van der Waals surface area contributed by atoms with Gasteiger partial charge in [0.25, 0.3) is 0 Å². The molecule has 2 heterocycles. The van der Waals surface area contributed by atoms with Gasteiger partial charge in [0.1, 0.15) is 0 Å². The van der Waals surface area contributed by atoms with Gasteiger partial charge in [-0.1, -0.05) is 0 Å². The molecule has 2 rings (SSSR count). The molecule has 2 fully saturated rings. The van der Waals surface area contributed by atoms with Gasteiger partial charge in [-0.05, 0) is 38.1 Å². The van der Waals surface area contributed by atoms with E-state index in [0.717, 1.165) is 38.1 Å². The summed E-state index contributed by atoms with van der Waals surface area (Å²) in [5, 5.41) is 0. The van der Waals surface area contributed by atoms with Crippen LogP contribution < -0.4 is 0 Å². The Labute approximate surface area is 105 Å². The van der Waals surface area contributed by atoms with Gasteiger partial charge in [-0.3, -0.25) is 4.90 Å². The van der Waals surface area contributed by atoms with E-state index in [1.54, 1.807) is 0 Å². The van der Waals surface area contributed by atoms with E-state index >= 15 is 0 Å². The van der Waals surface area contributed by atoms with E-state index in [9.17, 15) is 0 Å². The van der Waals surface area contributed by atoms with Crippen molar-refractivity contribution in [1.82, 2.24) is 9.80 Å². The number of rotatable bonds is 5. The second kappa shape index (κ2) is 6.84. The number of ether oxygens (including phenoxy) is 1. The van der Waals surface area contributed by atoms with Gasteiger partial charge < -0.3 is 9.64 Å². The molecule has 16 heavy (non-hydrogen) atoms. The minimum Gasteiger partial charge on any atom is -0.379 e. The van der Waals surface area contributed by atoms with Crippen LogP contribution in [0.5, 0.6) is 0 Å². The molecule has 94 valence electrons. The van der Waals surface area contributed by atoms with Crippen LogP contribution in [0.15, 0.2) is 0 Å². The Balaban J connectivity index is 1.66. The highest BCUT2D eigenvalue weighted by Gasteiger charge is 2.27. The van der Waals surface area contributed by atoms with E-state index in [1.807, 2.05) is 0 Å². The van der Waals surface area contributed by atoms with Gasteiger partial charge in [-0.15, -0.1) is 0 Å². The van der Waals surface area contributed by atoms with Crippen molar-refractivity contribution in [3.8, 4) is 0 Å². The summed E-state index contributed by atoms with van der Waals surface area (Å²) in [5.41, 5.74) is 0. The van der Waals surface area contributed by atoms with Gasteiger partial charge in [0, 0.05) is 25.7 Å². The largest absolute Gasteiger partial charge is 0.379 e. The van der Waals surface area contributed by atoms with Crippen molar-refractivity contribution >= 4 is 12.6 Å². The summed E-state index contributed by atoms with van der Waals surface area (Å²) in [6, 6.07) is 0.792. The summed E-state index contributed by atoms with van der Waals surface area (Å²) in [6.07, 6.45) is 3.90. The van der Waals surface area contributed by atoms with Crippen molar-refractivity contribution in [2.24, 2.45) is 0 Å². The first-order valence-corrected chi connectivity index (χ1v) is 7.18. The topological polar surface area (TPSA) is 15.7 Å². The van der Waals surface area contributed by atoms with Gasteiger partial charge >= 0.3 is 0 Å². The average molecular weight is 244 g/mol. The number of thiol groups is 1. The van der Waals surface area contributed by atoms with Gasteiger partial charge in [0.05, 0.1) is 13.2 Å². The lowest BCUT2D eigenvalue weighted by Gasteiger charge is -2.32. The molecule has 0 N–H and O–H groups in total. The maximum atomic E-state index is 5.40. The number of nitrogens with zero attached hydrogens (tertiary/aromatic N) is 2. The number of hydrogen-bond donors (Lipinski definition) is 1. The molecule has 0 saturated carbocycles. The van der Waals surface area contributed by atoms with E-state index in [4.69, 9.17) is 4.74 Å². The van der Waals surface area contributed by atoms with Gasteiger partial charge in [0.2, 0.25) is 0 Å². The van der Waals surface area contributed by atoms with Crippen molar-refractivity contribution in [1.29, 1.82) is 0 Å². The number of hydrogen-bond acceptors (Lipinski definition) is 4. The smallest absolute Gasteiger partial charge is 0.0594 e. The van der Waals surface area contributed by atoms with E-state index in [1.165, 1.54) is 38.9 Å². The summed E-state index contributed by atoms with van der Waals surface area (Å²) in [6.45, 7) is 7.94. The predicted molar refractivity (Wildman–Crippen MR) is 70.3 cm³/mol. The first-order chi connectivity index (χ1) is 7.90. The zero-order valence-electron chi connectivity index (χ0n) is 10.1. The molecule has 0 aliphatic carbocycles. The Bertz CT molecular complexity index is 197. The molecular weight excluding hydrogens is 220 g/mol. The Morgan fingerprint density at radius 2 is 1.94 bits per heavy atom. The molecule has 1 unspecified atom stereocenters. The highest BCUT2D eigenvalue weighted by molar-refractivity contribution is 7.80. The second-order valence-electron chi connectivity index (χ2n) is 4.82. The Kier molecular flexibility index (Phi) is 5.42.